The van der Waals surface area contributed by atoms with E-state index in [0.29, 0.717) is 13.2 Å². The van der Waals surface area contributed by atoms with Crippen molar-refractivity contribution < 1.29 is 9.47 Å². The summed E-state index contributed by atoms with van der Waals surface area (Å²) >= 11 is 0. The summed E-state index contributed by atoms with van der Waals surface area (Å²) in [6, 6.07) is 8.46. The lowest BCUT2D eigenvalue weighted by Gasteiger charge is -2.24. The molecule has 0 saturated heterocycles. The van der Waals surface area contributed by atoms with Gasteiger partial charge in [0.25, 0.3) is 0 Å². The first kappa shape index (κ1) is 16.0. The molecule has 1 rings (SSSR count). The lowest BCUT2D eigenvalue weighted by molar-refractivity contribution is 0.145. The van der Waals surface area contributed by atoms with Crippen LogP contribution in [0, 0.1) is 5.41 Å². The van der Waals surface area contributed by atoms with E-state index in [4.69, 9.17) is 9.47 Å². The van der Waals surface area contributed by atoms with E-state index >= 15 is 0 Å². The van der Waals surface area contributed by atoms with Crippen LogP contribution in [0.5, 0.6) is 5.75 Å². The van der Waals surface area contributed by atoms with Gasteiger partial charge in [0.1, 0.15) is 12.4 Å². The minimum atomic E-state index is 0.276. The van der Waals surface area contributed by atoms with Crippen LogP contribution in [0.15, 0.2) is 24.3 Å². The molecular formula is C16H27NO2. The number of ether oxygens (including phenoxy) is 2. The maximum absolute atomic E-state index is 5.77. The third-order valence-corrected chi connectivity index (χ3v) is 2.87. The second kappa shape index (κ2) is 7.51. The number of methoxy groups -OCH3 is 1. The normalized spacial score (nSPS) is 13.3. The van der Waals surface area contributed by atoms with Gasteiger partial charge in [-0.05, 0) is 18.4 Å². The van der Waals surface area contributed by atoms with Gasteiger partial charge < -0.3 is 14.8 Å². The lowest BCUT2D eigenvalue weighted by atomic mass is 9.96. The fourth-order valence-electron chi connectivity index (χ4n) is 1.77. The van der Waals surface area contributed by atoms with Crippen molar-refractivity contribution in [3.05, 3.63) is 29.8 Å². The molecule has 0 aromatic heterocycles. The maximum atomic E-state index is 5.77. The average molecular weight is 265 g/mol. The zero-order valence-corrected chi connectivity index (χ0v) is 12.8. The van der Waals surface area contributed by atoms with Crippen LogP contribution >= 0.6 is 0 Å². The van der Waals surface area contributed by atoms with Crippen LogP contribution in [-0.2, 0) is 4.74 Å². The standard InChI is InChI=1S/C16H27NO2/c1-13(17-12-16(2,3)4)14-8-6-7-9-15(14)19-11-10-18-5/h6-9,13,17H,10-12H2,1-5H3. The smallest absolute Gasteiger partial charge is 0.124 e. The van der Waals surface area contributed by atoms with Crippen molar-refractivity contribution in [2.45, 2.75) is 33.7 Å². The van der Waals surface area contributed by atoms with Crippen molar-refractivity contribution in [1.29, 1.82) is 0 Å². The lowest BCUT2D eigenvalue weighted by Crippen LogP contribution is -2.29. The number of para-hydroxylation sites is 1. The molecule has 0 aliphatic carbocycles. The second-order valence-corrected chi connectivity index (χ2v) is 6.04. The Kier molecular flexibility index (Phi) is 6.32. The summed E-state index contributed by atoms with van der Waals surface area (Å²) in [6.07, 6.45) is 0. The zero-order chi connectivity index (χ0) is 14.3. The topological polar surface area (TPSA) is 30.5 Å². The van der Waals surface area contributed by atoms with Crippen molar-refractivity contribution in [2.24, 2.45) is 5.41 Å². The Morgan fingerprint density at radius 1 is 1.16 bits per heavy atom. The molecule has 1 atom stereocenters. The molecule has 0 saturated carbocycles. The van der Waals surface area contributed by atoms with Crippen molar-refractivity contribution in [2.75, 3.05) is 26.9 Å². The van der Waals surface area contributed by atoms with Gasteiger partial charge in [-0.15, -0.1) is 0 Å². The Morgan fingerprint density at radius 3 is 2.47 bits per heavy atom. The first-order chi connectivity index (χ1) is 8.94. The Labute approximate surface area is 117 Å². The van der Waals surface area contributed by atoms with Crippen LogP contribution in [0.2, 0.25) is 0 Å². The summed E-state index contributed by atoms with van der Waals surface area (Å²) in [7, 11) is 1.68. The fourth-order valence-corrected chi connectivity index (χ4v) is 1.77. The molecule has 0 bridgehead atoms. The molecule has 0 heterocycles. The minimum absolute atomic E-state index is 0.276. The van der Waals surface area contributed by atoms with E-state index in [1.54, 1.807) is 7.11 Å². The van der Waals surface area contributed by atoms with E-state index in [0.717, 1.165) is 12.3 Å². The molecule has 1 N–H and O–H groups in total. The van der Waals surface area contributed by atoms with Crippen molar-refractivity contribution in [1.82, 2.24) is 5.32 Å². The Hall–Kier alpha value is -1.06. The van der Waals surface area contributed by atoms with Gasteiger partial charge in [-0.3, -0.25) is 0 Å². The van der Waals surface area contributed by atoms with Crippen LogP contribution in [0.25, 0.3) is 0 Å². The molecule has 1 unspecified atom stereocenters. The van der Waals surface area contributed by atoms with Crippen LogP contribution in [0.1, 0.15) is 39.3 Å². The highest BCUT2D eigenvalue weighted by molar-refractivity contribution is 5.35. The highest BCUT2D eigenvalue weighted by Crippen LogP contribution is 2.25. The molecule has 108 valence electrons. The van der Waals surface area contributed by atoms with Gasteiger partial charge in [0.15, 0.2) is 0 Å². The van der Waals surface area contributed by atoms with E-state index < -0.39 is 0 Å². The van der Waals surface area contributed by atoms with Crippen LogP contribution in [0.3, 0.4) is 0 Å². The van der Waals surface area contributed by atoms with Crippen molar-refractivity contribution in [3.8, 4) is 5.75 Å². The van der Waals surface area contributed by atoms with E-state index in [1.807, 2.05) is 18.2 Å². The van der Waals surface area contributed by atoms with Gasteiger partial charge in [-0.2, -0.15) is 0 Å². The highest BCUT2D eigenvalue weighted by Gasteiger charge is 2.15. The van der Waals surface area contributed by atoms with E-state index in [2.05, 4.69) is 39.1 Å². The van der Waals surface area contributed by atoms with E-state index in [1.165, 1.54) is 5.56 Å². The molecular weight excluding hydrogens is 238 g/mol. The summed E-state index contributed by atoms with van der Waals surface area (Å²) in [5.74, 6) is 0.938. The van der Waals surface area contributed by atoms with E-state index in [9.17, 15) is 0 Å². The van der Waals surface area contributed by atoms with Gasteiger partial charge in [0, 0.05) is 25.3 Å². The molecule has 0 aliphatic heterocycles. The Bertz CT molecular complexity index is 371. The Balaban J connectivity index is 2.64. The number of benzene rings is 1. The second-order valence-electron chi connectivity index (χ2n) is 6.04. The first-order valence-electron chi connectivity index (χ1n) is 6.88. The third-order valence-electron chi connectivity index (χ3n) is 2.87. The van der Waals surface area contributed by atoms with E-state index in [-0.39, 0.29) is 11.5 Å². The molecule has 1 aromatic rings. The molecule has 0 aliphatic rings. The fraction of sp³-hybridized carbons (Fsp3) is 0.625. The van der Waals surface area contributed by atoms with Crippen LogP contribution < -0.4 is 10.1 Å². The third kappa shape index (κ3) is 6.08. The quantitative estimate of drug-likeness (QED) is 0.766. The summed E-state index contributed by atoms with van der Waals surface area (Å²) in [5, 5.41) is 3.56. The highest BCUT2D eigenvalue weighted by atomic mass is 16.5. The summed E-state index contributed by atoms with van der Waals surface area (Å²) < 4.78 is 10.8. The molecule has 0 radical (unpaired) electrons. The number of rotatable bonds is 7. The van der Waals surface area contributed by atoms with Crippen LogP contribution in [0.4, 0.5) is 0 Å². The SMILES string of the molecule is COCCOc1ccccc1C(C)NCC(C)(C)C. The molecule has 3 nitrogen and oxygen atoms in total. The summed E-state index contributed by atoms with van der Waals surface area (Å²) in [4.78, 5) is 0. The minimum Gasteiger partial charge on any atom is -0.491 e. The summed E-state index contributed by atoms with van der Waals surface area (Å²) in [5.41, 5.74) is 1.47. The maximum Gasteiger partial charge on any atom is 0.124 e. The first-order valence-corrected chi connectivity index (χ1v) is 6.88. The van der Waals surface area contributed by atoms with Crippen molar-refractivity contribution >= 4 is 0 Å². The number of nitrogens with one attached hydrogen (secondary N) is 1. The van der Waals surface area contributed by atoms with Gasteiger partial charge in [-0.1, -0.05) is 39.0 Å². The zero-order valence-electron chi connectivity index (χ0n) is 12.8. The van der Waals surface area contributed by atoms with Gasteiger partial charge in [0.2, 0.25) is 0 Å². The predicted molar refractivity (Wildman–Crippen MR) is 79.7 cm³/mol. The van der Waals surface area contributed by atoms with Gasteiger partial charge in [0.05, 0.1) is 6.61 Å². The van der Waals surface area contributed by atoms with Gasteiger partial charge >= 0.3 is 0 Å². The number of hydrogen-bond donors (Lipinski definition) is 1. The Morgan fingerprint density at radius 2 is 1.84 bits per heavy atom. The summed E-state index contributed by atoms with van der Waals surface area (Å²) in [6.45, 7) is 11.0. The predicted octanol–water partition coefficient (Wildman–Crippen LogP) is 3.41. The largest absolute Gasteiger partial charge is 0.491 e. The van der Waals surface area contributed by atoms with Crippen molar-refractivity contribution in [3.63, 3.8) is 0 Å². The monoisotopic (exact) mass is 265 g/mol. The molecule has 0 fully saturated rings. The number of hydrogen-bond acceptors (Lipinski definition) is 3. The average Bonchev–Trinajstić information content (AvgIpc) is 2.36. The molecule has 0 amide bonds. The molecule has 0 spiro atoms. The molecule has 3 heteroatoms. The van der Waals surface area contributed by atoms with Gasteiger partial charge in [-0.25, -0.2) is 0 Å². The molecule has 19 heavy (non-hydrogen) atoms. The molecule has 1 aromatic carbocycles. The van der Waals surface area contributed by atoms with Crippen LogP contribution in [-0.4, -0.2) is 26.9 Å².